The molecule has 1 atom stereocenters. The highest BCUT2D eigenvalue weighted by molar-refractivity contribution is 5.77. The Balaban J connectivity index is 1.76. The Morgan fingerprint density at radius 1 is 1.25 bits per heavy atom. The zero-order valence-corrected chi connectivity index (χ0v) is 16.9. The van der Waals surface area contributed by atoms with Gasteiger partial charge in [0.15, 0.2) is 6.61 Å². The molecule has 0 spiro atoms. The van der Waals surface area contributed by atoms with Gasteiger partial charge >= 0.3 is 0 Å². The van der Waals surface area contributed by atoms with Gasteiger partial charge in [-0.05, 0) is 50.5 Å². The van der Waals surface area contributed by atoms with Gasteiger partial charge < -0.3 is 14.2 Å². The second kappa shape index (κ2) is 8.35. The summed E-state index contributed by atoms with van der Waals surface area (Å²) in [5.74, 6) is 7.30. The van der Waals surface area contributed by atoms with Crippen molar-refractivity contribution in [2.24, 2.45) is 5.92 Å². The lowest BCUT2D eigenvalue weighted by molar-refractivity contribution is -0.130. The number of carbonyl (C=O) groups excluding carboxylic acids is 1. The molecule has 1 heterocycles. The third-order valence-corrected chi connectivity index (χ3v) is 4.87. The van der Waals surface area contributed by atoms with E-state index in [1.807, 2.05) is 38.1 Å². The molecule has 1 aromatic heterocycles. The highest BCUT2D eigenvalue weighted by atomic mass is 16.5. The molecular formula is C23H26N2O3. The van der Waals surface area contributed by atoms with Crippen molar-refractivity contribution in [3.05, 3.63) is 63.6 Å². The molecule has 0 saturated heterocycles. The topological polar surface area (TPSA) is 51.5 Å². The summed E-state index contributed by atoms with van der Waals surface area (Å²) in [4.78, 5) is 25.8. The van der Waals surface area contributed by atoms with Crippen molar-refractivity contribution in [2.45, 2.75) is 32.7 Å². The molecule has 1 fully saturated rings. The summed E-state index contributed by atoms with van der Waals surface area (Å²) >= 11 is 0. The van der Waals surface area contributed by atoms with Crippen LogP contribution in [0, 0.1) is 24.7 Å². The van der Waals surface area contributed by atoms with E-state index in [1.54, 1.807) is 24.7 Å². The van der Waals surface area contributed by atoms with E-state index in [1.165, 1.54) is 23.8 Å². The van der Waals surface area contributed by atoms with Crippen LogP contribution in [0.5, 0.6) is 5.75 Å². The molecule has 0 N–H and O–H groups in total. The van der Waals surface area contributed by atoms with Gasteiger partial charge in [-0.3, -0.25) is 9.59 Å². The number of hydrogen-bond donors (Lipinski definition) is 0. The van der Waals surface area contributed by atoms with Crippen LogP contribution in [-0.2, 0) is 4.79 Å². The zero-order chi connectivity index (χ0) is 20.3. The van der Waals surface area contributed by atoms with Gasteiger partial charge in [0.25, 0.3) is 11.5 Å². The van der Waals surface area contributed by atoms with Crippen LogP contribution >= 0.6 is 0 Å². The molecule has 0 bridgehead atoms. The Bertz CT molecular complexity index is 974. The van der Waals surface area contributed by atoms with E-state index in [4.69, 9.17) is 4.74 Å². The fraction of sp³-hybridized carbons (Fsp3) is 0.391. The largest absolute Gasteiger partial charge is 0.484 e. The lowest BCUT2D eigenvalue weighted by Gasteiger charge is -2.20. The molecule has 1 amide bonds. The van der Waals surface area contributed by atoms with E-state index in [2.05, 4.69) is 11.8 Å². The molecule has 5 heteroatoms. The summed E-state index contributed by atoms with van der Waals surface area (Å²) in [5, 5.41) is 0. The minimum absolute atomic E-state index is 0.0885. The number of aryl methyl sites for hydroxylation is 1. The minimum atomic E-state index is -0.155. The number of pyridine rings is 1. The third kappa shape index (κ3) is 4.83. The maximum atomic E-state index is 12.7. The highest BCUT2D eigenvalue weighted by Gasteiger charge is 2.18. The highest BCUT2D eigenvalue weighted by Crippen LogP contribution is 2.27. The Labute approximate surface area is 165 Å². The van der Waals surface area contributed by atoms with Gasteiger partial charge in [-0.15, -0.1) is 0 Å². The minimum Gasteiger partial charge on any atom is -0.484 e. The molecule has 0 radical (unpaired) electrons. The summed E-state index contributed by atoms with van der Waals surface area (Å²) in [6, 6.07) is 11.2. The fourth-order valence-corrected chi connectivity index (χ4v) is 2.94. The first-order valence-corrected chi connectivity index (χ1v) is 9.53. The van der Waals surface area contributed by atoms with Crippen molar-refractivity contribution < 1.29 is 9.53 Å². The number of amides is 1. The summed E-state index contributed by atoms with van der Waals surface area (Å²) in [6.07, 6.45) is 2.43. The molecule has 1 aliphatic rings. The van der Waals surface area contributed by atoms with Crippen molar-refractivity contribution in [2.75, 3.05) is 20.7 Å². The fourth-order valence-electron chi connectivity index (χ4n) is 2.94. The number of hydrogen-bond acceptors (Lipinski definition) is 3. The van der Waals surface area contributed by atoms with Crippen LogP contribution in [0.15, 0.2) is 41.2 Å². The van der Waals surface area contributed by atoms with Gasteiger partial charge in [0, 0.05) is 37.3 Å². The summed E-state index contributed by atoms with van der Waals surface area (Å²) in [5.41, 5.74) is 2.67. The molecular weight excluding hydrogens is 352 g/mol. The van der Waals surface area contributed by atoms with Crippen LogP contribution in [0.1, 0.15) is 42.6 Å². The molecule has 1 aromatic carbocycles. The average Bonchev–Trinajstić information content (AvgIpc) is 3.48. The average molecular weight is 378 g/mol. The van der Waals surface area contributed by atoms with E-state index in [0.29, 0.717) is 11.7 Å². The first-order chi connectivity index (χ1) is 13.3. The van der Waals surface area contributed by atoms with Gasteiger partial charge in [-0.1, -0.05) is 24.0 Å². The SMILES string of the molecule is Cc1cc(OCC(=O)N(C)C)cc(=O)n1[C@H](C)c1ccc(C#CC2CC2)cc1. The number of ether oxygens (including phenoxy) is 1. The van der Waals surface area contributed by atoms with Crippen LogP contribution in [0.2, 0.25) is 0 Å². The van der Waals surface area contributed by atoms with Crippen LogP contribution in [0.3, 0.4) is 0 Å². The van der Waals surface area contributed by atoms with Crippen LogP contribution in [0.4, 0.5) is 0 Å². The summed E-state index contributed by atoms with van der Waals surface area (Å²) < 4.78 is 7.21. The van der Waals surface area contributed by atoms with Crippen molar-refractivity contribution in [3.8, 4) is 17.6 Å². The van der Waals surface area contributed by atoms with Crippen LogP contribution < -0.4 is 10.3 Å². The Morgan fingerprint density at radius 2 is 1.93 bits per heavy atom. The molecule has 28 heavy (non-hydrogen) atoms. The quantitative estimate of drug-likeness (QED) is 0.752. The number of carbonyl (C=O) groups is 1. The maximum absolute atomic E-state index is 12.7. The first-order valence-electron chi connectivity index (χ1n) is 9.53. The second-order valence-electron chi connectivity index (χ2n) is 7.46. The third-order valence-electron chi connectivity index (χ3n) is 4.87. The number of nitrogens with zero attached hydrogens (tertiary/aromatic N) is 2. The van der Waals surface area contributed by atoms with Gasteiger partial charge in [-0.25, -0.2) is 0 Å². The first kappa shape index (κ1) is 19.8. The predicted molar refractivity (Wildman–Crippen MR) is 109 cm³/mol. The molecule has 146 valence electrons. The van der Waals surface area contributed by atoms with Crippen molar-refractivity contribution in [1.82, 2.24) is 9.47 Å². The van der Waals surface area contributed by atoms with Gasteiger partial charge in [-0.2, -0.15) is 0 Å². The lowest BCUT2D eigenvalue weighted by Crippen LogP contribution is -2.29. The maximum Gasteiger partial charge on any atom is 0.259 e. The molecule has 0 unspecified atom stereocenters. The normalized spacial score (nSPS) is 14.0. The van der Waals surface area contributed by atoms with Crippen LogP contribution in [-0.4, -0.2) is 36.1 Å². The van der Waals surface area contributed by atoms with Gasteiger partial charge in [0.1, 0.15) is 5.75 Å². The number of aromatic nitrogens is 1. The van der Waals surface area contributed by atoms with E-state index >= 15 is 0 Å². The van der Waals surface area contributed by atoms with Crippen molar-refractivity contribution in [1.29, 1.82) is 0 Å². The summed E-state index contributed by atoms with van der Waals surface area (Å²) in [7, 11) is 3.33. The van der Waals surface area contributed by atoms with E-state index in [-0.39, 0.29) is 24.1 Å². The summed E-state index contributed by atoms with van der Waals surface area (Å²) in [6.45, 7) is 3.78. The molecule has 1 saturated carbocycles. The van der Waals surface area contributed by atoms with Gasteiger partial charge in [0.2, 0.25) is 0 Å². The molecule has 0 aliphatic heterocycles. The lowest BCUT2D eigenvalue weighted by atomic mass is 10.1. The van der Waals surface area contributed by atoms with Gasteiger partial charge in [0.05, 0.1) is 6.04 Å². The monoisotopic (exact) mass is 378 g/mol. The Hall–Kier alpha value is -3.00. The standard InChI is InChI=1S/C23H26N2O3/c1-16-13-21(28-15-23(27)24(3)4)14-22(26)25(16)17(2)20-11-9-19(10-12-20)8-7-18-5-6-18/h9-14,17-18H,5-6,15H2,1-4H3/t17-/m1/s1. The van der Waals surface area contributed by atoms with E-state index in [0.717, 1.165) is 16.8 Å². The number of rotatable bonds is 5. The Morgan fingerprint density at radius 3 is 2.50 bits per heavy atom. The van der Waals surface area contributed by atoms with Crippen molar-refractivity contribution >= 4 is 5.91 Å². The number of likely N-dealkylation sites (N-methyl/N-ethyl adjacent to an activating group) is 1. The molecule has 2 aromatic rings. The molecule has 3 rings (SSSR count). The molecule has 5 nitrogen and oxygen atoms in total. The zero-order valence-electron chi connectivity index (χ0n) is 16.9. The van der Waals surface area contributed by atoms with E-state index < -0.39 is 0 Å². The Kier molecular flexibility index (Phi) is 5.89. The number of benzene rings is 1. The second-order valence-corrected chi connectivity index (χ2v) is 7.46. The molecule has 1 aliphatic carbocycles. The van der Waals surface area contributed by atoms with Crippen molar-refractivity contribution in [3.63, 3.8) is 0 Å². The van der Waals surface area contributed by atoms with E-state index in [9.17, 15) is 9.59 Å². The predicted octanol–water partition coefficient (Wildman–Crippen LogP) is 2.99. The van der Waals surface area contributed by atoms with Crippen LogP contribution in [0.25, 0.3) is 0 Å². The smallest absolute Gasteiger partial charge is 0.259 e.